The molecule has 8 nitrogen and oxygen atoms in total. The summed E-state index contributed by atoms with van der Waals surface area (Å²) in [6, 6.07) is 11.5. The van der Waals surface area contributed by atoms with E-state index in [4.69, 9.17) is 4.98 Å². The van der Waals surface area contributed by atoms with Crippen LogP contribution in [0.15, 0.2) is 48.9 Å². The van der Waals surface area contributed by atoms with Crippen molar-refractivity contribution in [2.45, 2.75) is 38.5 Å². The molecule has 5 rings (SSSR count). The molecule has 0 fully saturated rings. The van der Waals surface area contributed by atoms with Crippen molar-refractivity contribution in [3.63, 3.8) is 0 Å². The molecule has 1 aromatic carbocycles. The highest BCUT2D eigenvalue weighted by Gasteiger charge is 2.19. The van der Waals surface area contributed by atoms with Gasteiger partial charge in [0.15, 0.2) is 5.82 Å². The fourth-order valence-electron chi connectivity index (χ4n) is 3.83. The number of pyridine rings is 1. The van der Waals surface area contributed by atoms with Crippen LogP contribution in [0.3, 0.4) is 0 Å². The Morgan fingerprint density at radius 1 is 1.09 bits per heavy atom. The molecule has 0 spiro atoms. The van der Waals surface area contributed by atoms with E-state index in [2.05, 4.69) is 55.3 Å². The number of aromatic nitrogens is 4. The Morgan fingerprint density at radius 3 is 2.70 bits per heavy atom. The minimum atomic E-state index is -0.346. The Balaban J connectivity index is 1.15. The topological polar surface area (TPSA) is 99.7 Å². The van der Waals surface area contributed by atoms with Crippen molar-refractivity contribution in [1.82, 2.24) is 25.3 Å². The second-order valence-corrected chi connectivity index (χ2v) is 9.07. The third kappa shape index (κ3) is 5.01. The van der Waals surface area contributed by atoms with Gasteiger partial charge in [-0.1, -0.05) is 23.5 Å². The lowest BCUT2D eigenvalue weighted by Gasteiger charge is -2.16. The van der Waals surface area contributed by atoms with Crippen molar-refractivity contribution in [2.75, 3.05) is 22.5 Å². The minimum absolute atomic E-state index is 0.233. The van der Waals surface area contributed by atoms with E-state index in [0.717, 1.165) is 40.6 Å². The maximum absolute atomic E-state index is 13.9. The first kappa shape index (κ1) is 21.5. The quantitative estimate of drug-likeness (QED) is 0.295. The van der Waals surface area contributed by atoms with Gasteiger partial charge in [-0.3, -0.25) is 4.98 Å². The number of nitrogens with zero attached hydrogens (tertiary/aromatic N) is 4. The van der Waals surface area contributed by atoms with Gasteiger partial charge >= 0.3 is 0 Å². The number of rotatable bonds is 9. The van der Waals surface area contributed by atoms with Gasteiger partial charge in [-0.05, 0) is 44.2 Å². The Kier molecular flexibility index (Phi) is 6.27. The lowest BCUT2D eigenvalue weighted by Crippen LogP contribution is -2.33. The number of halogens is 1. The van der Waals surface area contributed by atoms with E-state index in [-0.39, 0.29) is 24.6 Å². The van der Waals surface area contributed by atoms with Crippen LogP contribution in [0.5, 0.6) is 0 Å². The zero-order valence-corrected chi connectivity index (χ0v) is 19.0. The number of hydrogen-bond acceptors (Lipinski definition) is 9. The number of nitrogens with one attached hydrogen (secondary N) is 4. The van der Waals surface area contributed by atoms with Crippen LogP contribution >= 0.6 is 11.3 Å². The van der Waals surface area contributed by atoms with Crippen molar-refractivity contribution < 1.29 is 4.39 Å². The summed E-state index contributed by atoms with van der Waals surface area (Å²) >= 11 is 1.56. The van der Waals surface area contributed by atoms with Gasteiger partial charge in [0.2, 0.25) is 0 Å². The van der Waals surface area contributed by atoms with Gasteiger partial charge in [-0.15, -0.1) is 0 Å². The first-order valence-electron chi connectivity index (χ1n) is 10.9. The molecule has 3 aromatic heterocycles. The standard InChI is InChI=1S/C23H25FN8S/c1-14(25-10-8-19-30-16-6-2-3-7-17(16)31-19)11-20-32-21-22(28-13-29-23(21)33-20)27-12-18-15(24)5-4-9-26-18/h2-7,9,13-14,19,25,30-31H,8,10-12H2,1H3,(H,27,28,29). The summed E-state index contributed by atoms with van der Waals surface area (Å²) in [5.41, 5.74) is 3.35. The molecule has 0 bridgehead atoms. The Labute approximate surface area is 195 Å². The number of anilines is 3. The SMILES string of the molecule is CC(Cc1nc2c(NCc3ncccc3F)ncnc2s1)NCCC1Nc2ccccc2N1. The van der Waals surface area contributed by atoms with E-state index in [0.29, 0.717) is 17.0 Å². The molecule has 0 aliphatic carbocycles. The maximum atomic E-state index is 13.9. The van der Waals surface area contributed by atoms with Gasteiger partial charge in [-0.25, -0.2) is 19.3 Å². The Morgan fingerprint density at radius 2 is 1.91 bits per heavy atom. The number of thiazole rings is 1. The van der Waals surface area contributed by atoms with Gasteiger partial charge in [-0.2, -0.15) is 0 Å². The molecule has 1 unspecified atom stereocenters. The fraction of sp³-hybridized carbons (Fsp3) is 0.304. The lowest BCUT2D eigenvalue weighted by atomic mass is 10.2. The molecule has 0 amide bonds. The molecule has 4 aromatic rings. The van der Waals surface area contributed by atoms with Crippen LogP contribution in [0.25, 0.3) is 10.3 Å². The summed E-state index contributed by atoms with van der Waals surface area (Å²) in [5.74, 6) is 0.243. The minimum Gasteiger partial charge on any atom is -0.364 e. The number of benzene rings is 1. The molecular formula is C23H25FN8S. The predicted octanol–water partition coefficient (Wildman–Crippen LogP) is 4.01. The molecule has 0 saturated carbocycles. The number of hydrogen-bond donors (Lipinski definition) is 4. The van der Waals surface area contributed by atoms with Crippen LogP contribution in [0.2, 0.25) is 0 Å². The zero-order valence-electron chi connectivity index (χ0n) is 18.2. The molecule has 1 atom stereocenters. The van der Waals surface area contributed by atoms with Gasteiger partial charge in [0.25, 0.3) is 0 Å². The molecule has 4 N–H and O–H groups in total. The summed E-state index contributed by atoms with van der Waals surface area (Å²) in [6.45, 7) is 3.27. The fourth-order valence-corrected chi connectivity index (χ4v) is 4.86. The third-order valence-corrected chi connectivity index (χ3v) is 6.48. The van der Waals surface area contributed by atoms with E-state index in [1.54, 1.807) is 23.6 Å². The van der Waals surface area contributed by atoms with Gasteiger partial charge in [0.05, 0.1) is 34.8 Å². The number of para-hydroxylation sites is 2. The average molecular weight is 465 g/mol. The van der Waals surface area contributed by atoms with Crippen molar-refractivity contribution in [3.05, 3.63) is 65.4 Å². The van der Waals surface area contributed by atoms with Gasteiger partial charge in [0.1, 0.15) is 22.5 Å². The normalized spacial score (nSPS) is 14.0. The molecule has 0 radical (unpaired) electrons. The van der Waals surface area contributed by atoms with E-state index in [9.17, 15) is 4.39 Å². The monoisotopic (exact) mass is 464 g/mol. The van der Waals surface area contributed by atoms with Crippen LogP contribution in [0, 0.1) is 5.82 Å². The van der Waals surface area contributed by atoms with E-state index >= 15 is 0 Å². The molecule has 1 aliphatic rings. The molecule has 10 heteroatoms. The molecule has 0 saturated heterocycles. The van der Waals surface area contributed by atoms with E-state index in [1.807, 2.05) is 12.1 Å². The average Bonchev–Trinajstić information content (AvgIpc) is 3.42. The van der Waals surface area contributed by atoms with Gasteiger partial charge < -0.3 is 21.3 Å². The van der Waals surface area contributed by atoms with Crippen molar-refractivity contribution in [1.29, 1.82) is 0 Å². The number of fused-ring (bicyclic) bond motifs is 2. The van der Waals surface area contributed by atoms with Crippen LogP contribution < -0.4 is 21.3 Å². The molecule has 170 valence electrons. The van der Waals surface area contributed by atoms with E-state index in [1.165, 1.54) is 12.4 Å². The first-order chi connectivity index (χ1) is 16.2. The van der Waals surface area contributed by atoms with Crippen molar-refractivity contribution >= 4 is 38.9 Å². The van der Waals surface area contributed by atoms with Crippen LogP contribution in [-0.4, -0.2) is 38.7 Å². The Hall–Kier alpha value is -3.37. The van der Waals surface area contributed by atoms with Crippen LogP contribution in [0.4, 0.5) is 21.6 Å². The van der Waals surface area contributed by atoms with Crippen molar-refractivity contribution in [2.24, 2.45) is 0 Å². The second-order valence-electron chi connectivity index (χ2n) is 8.00. The van der Waals surface area contributed by atoms with Crippen molar-refractivity contribution in [3.8, 4) is 0 Å². The predicted molar refractivity (Wildman–Crippen MR) is 130 cm³/mol. The van der Waals surface area contributed by atoms with Crippen LogP contribution in [0.1, 0.15) is 24.0 Å². The summed E-state index contributed by atoms with van der Waals surface area (Å²) in [5, 5.41) is 14.7. The highest BCUT2D eigenvalue weighted by Crippen LogP contribution is 2.29. The molecule has 1 aliphatic heterocycles. The second kappa shape index (κ2) is 9.63. The molecule has 33 heavy (non-hydrogen) atoms. The molecular weight excluding hydrogens is 439 g/mol. The Bertz CT molecular complexity index is 1220. The summed E-state index contributed by atoms with van der Waals surface area (Å²) in [6.07, 6.45) is 5.06. The maximum Gasteiger partial charge on any atom is 0.157 e. The third-order valence-electron chi connectivity index (χ3n) is 5.49. The zero-order chi connectivity index (χ0) is 22.6. The van der Waals surface area contributed by atoms with Crippen LogP contribution in [-0.2, 0) is 13.0 Å². The largest absolute Gasteiger partial charge is 0.364 e. The highest BCUT2D eigenvalue weighted by atomic mass is 32.1. The smallest absolute Gasteiger partial charge is 0.157 e. The molecule has 4 heterocycles. The first-order valence-corrected chi connectivity index (χ1v) is 11.8. The summed E-state index contributed by atoms with van der Waals surface area (Å²) in [4.78, 5) is 18.3. The lowest BCUT2D eigenvalue weighted by molar-refractivity contribution is 0.523. The van der Waals surface area contributed by atoms with E-state index < -0.39 is 0 Å². The highest BCUT2D eigenvalue weighted by molar-refractivity contribution is 7.18. The summed E-state index contributed by atoms with van der Waals surface area (Å²) in [7, 11) is 0. The summed E-state index contributed by atoms with van der Waals surface area (Å²) < 4.78 is 13.9. The van der Waals surface area contributed by atoms with Gasteiger partial charge in [0, 0.05) is 18.7 Å².